The molecule has 1 saturated heterocycles. The number of alkyl halides is 1. The number of likely N-dealkylation sites (tertiary alicyclic amines) is 1. The van der Waals surface area contributed by atoms with E-state index in [0.29, 0.717) is 17.0 Å². The van der Waals surface area contributed by atoms with Gasteiger partial charge >= 0.3 is 0 Å². The van der Waals surface area contributed by atoms with E-state index in [0.717, 1.165) is 24.8 Å². The second kappa shape index (κ2) is 6.01. The fraction of sp³-hybridized carbons (Fsp3) is 0.429. The van der Waals surface area contributed by atoms with Gasteiger partial charge in [-0.05, 0) is 43.0 Å². The SMILES string of the molecule is N#Cc1ccc(C(=O)N2CCCC(CBr)C2)cc1. The number of carbonyl (C=O) groups is 1. The van der Waals surface area contributed by atoms with Gasteiger partial charge in [0.2, 0.25) is 0 Å². The van der Waals surface area contributed by atoms with Crippen LogP contribution in [0.3, 0.4) is 0 Å². The molecular formula is C14H15BrN2O. The Labute approximate surface area is 116 Å². The molecule has 4 heteroatoms. The highest BCUT2D eigenvalue weighted by molar-refractivity contribution is 9.09. The van der Waals surface area contributed by atoms with E-state index in [1.807, 2.05) is 4.90 Å². The van der Waals surface area contributed by atoms with Crippen LogP contribution < -0.4 is 0 Å². The average molecular weight is 307 g/mol. The predicted octanol–water partition coefficient (Wildman–Crippen LogP) is 2.81. The van der Waals surface area contributed by atoms with Gasteiger partial charge in [-0.25, -0.2) is 0 Å². The summed E-state index contributed by atoms with van der Waals surface area (Å²) in [6, 6.07) is 8.91. The fourth-order valence-electron chi connectivity index (χ4n) is 2.25. The minimum Gasteiger partial charge on any atom is -0.338 e. The smallest absolute Gasteiger partial charge is 0.253 e. The van der Waals surface area contributed by atoms with Crippen LogP contribution in [0, 0.1) is 17.2 Å². The van der Waals surface area contributed by atoms with Crippen LogP contribution >= 0.6 is 15.9 Å². The monoisotopic (exact) mass is 306 g/mol. The van der Waals surface area contributed by atoms with Crippen molar-refractivity contribution in [2.75, 3.05) is 18.4 Å². The first-order valence-electron chi connectivity index (χ1n) is 6.10. The quantitative estimate of drug-likeness (QED) is 0.789. The van der Waals surface area contributed by atoms with E-state index < -0.39 is 0 Å². The Morgan fingerprint density at radius 2 is 2.17 bits per heavy atom. The second-order valence-corrected chi connectivity index (χ2v) is 5.25. The van der Waals surface area contributed by atoms with Gasteiger partial charge in [-0.2, -0.15) is 5.26 Å². The van der Waals surface area contributed by atoms with E-state index in [1.54, 1.807) is 24.3 Å². The molecule has 1 atom stereocenters. The van der Waals surface area contributed by atoms with Crippen LogP contribution in [0.5, 0.6) is 0 Å². The number of halogens is 1. The normalized spacial score (nSPS) is 19.3. The summed E-state index contributed by atoms with van der Waals surface area (Å²) in [7, 11) is 0. The first kappa shape index (κ1) is 13.1. The van der Waals surface area contributed by atoms with Gasteiger partial charge in [-0.15, -0.1) is 0 Å². The maximum Gasteiger partial charge on any atom is 0.253 e. The Hall–Kier alpha value is -1.34. The Morgan fingerprint density at radius 1 is 1.44 bits per heavy atom. The highest BCUT2D eigenvalue weighted by Crippen LogP contribution is 2.20. The van der Waals surface area contributed by atoms with Crippen LogP contribution in [0.15, 0.2) is 24.3 Å². The number of nitrogens with zero attached hydrogens (tertiary/aromatic N) is 2. The zero-order valence-corrected chi connectivity index (χ0v) is 11.7. The molecule has 1 amide bonds. The molecule has 0 aromatic heterocycles. The third-order valence-electron chi connectivity index (χ3n) is 3.29. The van der Waals surface area contributed by atoms with Gasteiger partial charge in [0.15, 0.2) is 0 Å². The summed E-state index contributed by atoms with van der Waals surface area (Å²) in [5.74, 6) is 0.631. The summed E-state index contributed by atoms with van der Waals surface area (Å²) >= 11 is 3.49. The second-order valence-electron chi connectivity index (χ2n) is 4.60. The highest BCUT2D eigenvalue weighted by atomic mass is 79.9. The molecule has 1 aromatic rings. The van der Waals surface area contributed by atoms with Crippen molar-refractivity contribution in [3.05, 3.63) is 35.4 Å². The maximum absolute atomic E-state index is 12.3. The van der Waals surface area contributed by atoms with E-state index >= 15 is 0 Å². The summed E-state index contributed by atoms with van der Waals surface area (Å²) < 4.78 is 0. The molecule has 1 aliphatic heterocycles. The molecule has 1 aromatic carbocycles. The fourth-order valence-corrected chi connectivity index (χ4v) is 2.77. The molecule has 94 valence electrons. The standard InChI is InChI=1S/C14H15BrN2O/c15-8-12-2-1-7-17(10-12)14(18)13-5-3-11(9-16)4-6-13/h3-6,12H,1-2,7-8,10H2. The lowest BCUT2D eigenvalue weighted by molar-refractivity contribution is 0.0686. The molecule has 0 radical (unpaired) electrons. The molecule has 0 aliphatic carbocycles. The van der Waals surface area contributed by atoms with Crippen molar-refractivity contribution in [2.24, 2.45) is 5.92 Å². The molecule has 1 unspecified atom stereocenters. The molecule has 3 nitrogen and oxygen atoms in total. The lowest BCUT2D eigenvalue weighted by Crippen LogP contribution is -2.40. The number of rotatable bonds is 2. The molecular weight excluding hydrogens is 292 g/mol. The van der Waals surface area contributed by atoms with Crippen molar-refractivity contribution >= 4 is 21.8 Å². The molecule has 0 N–H and O–H groups in total. The third-order valence-corrected chi connectivity index (χ3v) is 4.20. The van der Waals surface area contributed by atoms with Crippen LogP contribution in [-0.4, -0.2) is 29.2 Å². The predicted molar refractivity (Wildman–Crippen MR) is 73.6 cm³/mol. The molecule has 0 saturated carbocycles. The van der Waals surface area contributed by atoms with Gasteiger partial charge in [0, 0.05) is 24.0 Å². The molecule has 1 aliphatic rings. The van der Waals surface area contributed by atoms with Gasteiger partial charge < -0.3 is 4.90 Å². The topological polar surface area (TPSA) is 44.1 Å². The van der Waals surface area contributed by atoms with Crippen LogP contribution in [0.2, 0.25) is 0 Å². The summed E-state index contributed by atoms with van der Waals surface area (Å²) in [5.41, 5.74) is 1.26. The van der Waals surface area contributed by atoms with E-state index in [9.17, 15) is 4.79 Å². The minimum absolute atomic E-state index is 0.0742. The van der Waals surface area contributed by atoms with E-state index in [2.05, 4.69) is 22.0 Å². The number of hydrogen-bond donors (Lipinski definition) is 0. The number of amides is 1. The molecule has 0 bridgehead atoms. The Bertz CT molecular complexity index is 464. The Morgan fingerprint density at radius 3 is 2.78 bits per heavy atom. The first-order valence-corrected chi connectivity index (χ1v) is 7.22. The first-order chi connectivity index (χ1) is 8.74. The lowest BCUT2D eigenvalue weighted by Gasteiger charge is -2.32. The summed E-state index contributed by atoms with van der Waals surface area (Å²) in [6.45, 7) is 1.66. The van der Waals surface area contributed by atoms with Gasteiger partial charge in [-0.3, -0.25) is 4.79 Å². The van der Waals surface area contributed by atoms with Gasteiger partial charge in [-0.1, -0.05) is 15.9 Å². The third kappa shape index (κ3) is 2.91. The number of carbonyl (C=O) groups excluding carboxylic acids is 1. The molecule has 1 heterocycles. The highest BCUT2D eigenvalue weighted by Gasteiger charge is 2.23. The van der Waals surface area contributed by atoms with Crippen LogP contribution in [-0.2, 0) is 0 Å². The zero-order valence-electron chi connectivity index (χ0n) is 10.1. The molecule has 1 fully saturated rings. The van der Waals surface area contributed by atoms with Crippen molar-refractivity contribution in [3.8, 4) is 6.07 Å². The minimum atomic E-state index is 0.0742. The van der Waals surface area contributed by atoms with Gasteiger partial charge in [0.25, 0.3) is 5.91 Å². The van der Waals surface area contributed by atoms with Crippen molar-refractivity contribution in [2.45, 2.75) is 12.8 Å². The van der Waals surface area contributed by atoms with Gasteiger partial charge in [0.1, 0.15) is 0 Å². The summed E-state index contributed by atoms with van der Waals surface area (Å²) in [5, 5.41) is 9.68. The van der Waals surface area contributed by atoms with Gasteiger partial charge in [0.05, 0.1) is 11.6 Å². The summed E-state index contributed by atoms with van der Waals surface area (Å²) in [6.07, 6.45) is 2.25. The zero-order chi connectivity index (χ0) is 13.0. The maximum atomic E-state index is 12.3. The van der Waals surface area contributed by atoms with Crippen molar-refractivity contribution in [1.82, 2.24) is 4.90 Å². The number of hydrogen-bond acceptors (Lipinski definition) is 2. The van der Waals surface area contributed by atoms with Crippen LogP contribution in [0.25, 0.3) is 0 Å². The summed E-state index contributed by atoms with van der Waals surface area (Å²) in [4.78, 5) is 14.2. The van der Waals surface area contributed by atoms with Crippen LogP contribution in [0.4, 0.5) is 0 Å². The Kier molecular flexibility index (Phi) is 4.38. The van der Waals surface area contributed by atoms with E-state index in [4.69, 9.17) is 5.26 Å². The molecule has 2 rings (SSSR count). The number of nitriles is 1. The number of piperidine rings is 1. The van der Waals surface area contributed by atoms with E-state index in [-0.39, 0.29) is 5.91 Å². The average Bonchev–Trinajstić information content (AvgIpc) is 2.46. The Balaban J connectivity index is 2.08. The van der Waals surface area contributed by atoms with E-state index in [1.165, 1.54) is 6.42 Å². The van der Waals surface area contributed by atoms with Crippen molar-refractivity contribution in [1.29, 1.82) is 5.26 Å². The van der Waals surface area contributed by atoms with Crippen molar-refractivity contribution < 1.29 is 4.79 Å². The molecule has 18 heavy (non-hydrogen) atoms. The van der Waals surface area contributed by atoms with Crippen molar-refractivity contribution in [3.63, 3.8) is 0 Å². The van der Waals surface area contributed by atoms with Crippen LogP contribution in [0.1, 0.15) is 28.8 Å². The lowest BCUT2D eigenvalue weighted by atomic mass is 9.99. The number of benzene rings is 1. The molecule has 0 spiro atoms. The largest absolute Gasteiger partial charge is 0.338 e.